The lowest BCUT2D eigenvalue weighted by atomic mass is 9.82. The van der Waals surface area contributed by atoms with Gasteiger partial charge in [0.1, 0.15) is 6.04 Å². The molecule has 2 aliphatic rings. The van der Waals surface area contributed by atoms with Crippen molar-refractivity contribution in [2.24, 2.45) is 11.7 Å². The Kier molecular flexibility index (Phi) is 6.19. The fourth-order valence-electron chi connectivity index (χ4n) is 4.76. The van der Waals surface area contributed by atoms with Gasteiger partial charge in [-0.25, -0.2) is 4.79 Å². The summed E-state index contributed by atoms with van der Waals surface area (Å²) in [7, 11) is 0. The molecule has 1 saturated heterocycles. The van der Waals surface area contributed by atoms with Crippen molar-refractivity contribution >= 4 is 23.5 Å². The fraction of sp³-hybridized carbons (Fsp3) is 0.455. The number of benzene rings is 1. The Morgan fingerprint density at radius 1 is 1.20 bits per heavy atom. The molecule has 5 atom stereocenters. The van der Waals surface area contributed by atoms with E-state index in [0.717, 1.165) is 6.42 Å². The first-order valence-electron chi connectivity index (χ1n) is 9.99. The summed E-state index contributed by atoms with van der Waals surface area (Å²) in [6.07, 6.45) is 4.50. The molecule has 30 heavy (non-hydrogen) atoms. The van der Waals surface area contributed by atoms with Crippen LogP contribution in [0.3, 0.4) is 0 Å². The number of carbonyl (C=O) groups is 4. The first-order chi connectivity index (χ1) is 14.2. The van der Waals surface area contributed by atoms with Gasteiger partial charge in [-0.2, -0.15) is 0 Å². The number of allylic oxidation sites excluding steroid dienone is 1. The molecule has 1 heterocycles. The van der Waals surface area contributed by atoms with Crippen molar-refractivity contribution in [2.75, 3.05) is 0 Å². The first-order valence-corrected chi connectivity index (χ1v) is 9.99. The third kappa shape index (κ3) is 3.68. The zero-order chi connectivity index (χ0) is 22.1. The lowest BCUT2D eigenvalue weighted by Crippen LogP contribution is -2.66. The van der Waals surface area contributed by atoms with E-state index in [0.29, 0.717) is 12.0 Å². The van der Waals surface area contributed by atoms with Gasteiger partial charge in [-0.3, -0.25) is 19.3 Å². The van der Waals surface area contributed by atoms with Gasteiger partial charge >= 0.3 is 11.9 Å². The number of rotatable bonds is 8. The average Bonchev–Trinajstić information content (AvgIpc) is 3.07. The second-order valence-corrected chi connectivity index (χ2v) is 8.03. The van der Waals surface area contributed by atoms with E-state index in [1.807, 2.05) is 6.08 Å². The van der Waals surface area contributed by atoms with Gasteiger partial charge in [-0.1, -0.05) is 42.5 Å². The molecule has 0 aromatic heterocycles. The van der Waals surface area contributed by atoms with Gasteiger partial charge in [0, 0.05) is 18.0 Å². The number of hydrogen-bond donors (Lipinski definition) is 3. The van der Waals surface area contributed by atoms with Crippen molar-refractivity contribution in [3.8, 4) is 0 Å². The molecule has 0 spiro atoms. The van der Waals surface area contributed by atoms with Crippen LogP contribution in [0, 0.1) is 5.92 Å². The maximum atomic E-state index is 13.1. The van der Waals surface area contributed by atoms with E-state index >= 15 is 0 Å². The number of aliphatic carboxylic acids is 2. The largest absolute Gasteiger partial charge is 0.480 e. The number of hydrogen-bond acceptors (Lipinski definition) is 6. The van der Waals surface area contributed by atoms with Crippen LogP contribution in [0.15, 0.2) is 42.5 Å². The van der Waals surface area contributed by atoms with Gasteiger partial charge in [-0.15, -0.1) is 0 Å². The van der Waals surface area contributed by atoms with Gasteiger partial charge in [0.15, 0.2) is 17.1 Å². The molecule has 0 amide bonds. The monoisotopic (exact) mass is 414 g/mol. The van der Waals surface area contributed by atoms with Gasteiger partial charge < -0.3 is 15.9 Å². The highest BCUT2D eigenvalue weighted by Crippen LogP contribution is 2.46. The fourth-order valence-corrected chi connectivity index (χ4v) is 4.76. The summed E-state index contributed by atoms with van der Waals surface area (Å²) in [6.45, 7) is 1.40. The molecule has 0 bridgehead atoms. The van der Waals surface area contributed by atoms with Crippen LogP contribution in [0.1, 0.15) is 43.0 Å². The smallest absolute Gasteiger partial charge is 0.332 e. The van der Waals surface area contributed by atoms with Crippen LogP contribution >= 0.6 is 0 Å². The molecular formula is C22H26N2O6. The van der Waals surface area contributed by atoms with Crippen LogP contribution in [0.4, 0.5) is 0 Å². The topological polar surface area (TPSA) is 138 Å². The lowest BCUT2D eigenvalue weighted by Gasteiger charge is -2.40. The van der Waals surface area contributed by atoms with Gasteiger partial charge in [0.05, 0.1) is 6.04 Å². The van der Waals surface area contributed by atoms with Crippen LogP contribution in [0.25, 0.3) is 0 Å². The number of carbonyl (C=O) groups excluding carboxylic acids is 2. The molecule has 160 valence electrons. The number of likely N-dealkylation sites (tertiary alicyclic amines) is 1. The van der Waals surface area contributed by atoms with Crippen molar-refractivity contribution in [1.29, 1.82) is 0 Å². The van der Waals surface area contributed by atoms with E-state index in [2.05, 4.69) is 0 Å². The summed E-state index contributed by atoms with van der Waals surface area (Å²) < 4.78 is 0. The number of ketones is 2. The van der Waals surface area contributed by atoms with E-state index in [1.165, 1.54) is 11.8 Å². The molecule has 0 radical (unpaired) electrons. The third-order valence-corrected chi connectivity index (χ3v) is 6.11. The molecule has 1 aliphatic carbocycles. The van der Waals surface area contributed by atoms with Crippen molar-refractivity contribution in [3.05, 3.63) is 48.0 Å². The molecule has 1 unspecified atom stereocenters. The van der Waals surface area contributed by atoms with E-state index in [1.54, 1.807) is 36.4 Å². The SMILES string of the molecule is CC(N)C(=O)[C@]1(C(=O)O)C[C@H]2CCC=C[C@H]2N1[C@@H](CC(=O)c1ccccc1)C(=O)O. The highest BCUT2D eigenvalue weighted by Gasteiger charge is 2.63. The van der Waals surface area contributed by atoms with Crippen molar-refractivity contribution in [1.82, 2.24) is 4.90 Å². The van der Waals surface area contributed by atoms with Crippen LogP contribution < -0.4 is 5.73 Å². The summed E-state index contributed by atoms with van der Waals surface area (Å²) in [5.41, 5.74) is 4.03. The summed E-state index contributed by atoms with van der Waals surface area (Å²) in [4.78, 5) is 51.9. The Morgan fingerprint density at radius 2 is 1.87 bits per heavy atom. The number of nitrogens with two attached hydrogens (primary N) is 1. The van der Waals surface area contributed by atoms with E-state index in [-0.39, 0.29) is 12.3 Å². The number of nitrogens with zero attached hydrogens (tertiary/aromatic N) is 1. The summed E-state index contributed by atoms with van der Waals surface area (Å²) in [5.74, 6) is -4.15. The zero-order valence-electron chi connectivity index (χ0n) is 16.7. The predicted molar refractivity (Wildman–Crippen MR) is 108 cm³/mol. The van der Waals surface area contributed by atoms with Gasteiger partial charge in [0.2, 0.25) is 0 Å². The minimum absolute atomic E-state index is 0.0268. The Labute approximate surface area is 174 Å². The highest BCUT2D eigenvalue weighted by molar-refractivity contribution is 6.11. The van der Waals surface area contributed by atoms with Gasteiger partial charge in [-0.05, 0) is 32.1 Å². The lowest BCUT2D eigenvalue weighted by molar-refractivity contribution is -0.162. The molecule has 0 saturated carbocycles. The molecule has 4 N–H and O–H groups in total. The number of Topliss-reactive ketones (excluding diaryl/α,β-unsaturated/α-hetero) is 2. The summed E-state index contributed by atoms with van der Waals surface area (Å²) in [5, 5.41) is 20.2. The molecule has 1 aliphatic heterocycles. The second-order valence-electron chi connectivity index (χ2n) is 8.03. The standard InChI is InChI=1S/C22H26N2O6/c1-13(23)19(26)22(21(29)30)12-15-9-5-6-10-16(15)24(22)17(20(27)28)11-18(25)14-7-3-2-4-8-14/h2-4,6-8,10,13,15-17H,5,9,11-12,23H2,1H3,(H,27,28)(H,29,30)/t13?,15-,16-,17+,22+/m1/s1. The number of carboxylic acids is 2. The highest BCUT2D eigenvalue weighted by atomic mass is 16.4. The molecular weight excluding hydrogens is 388 g/mol. The van der Waals surface area contributed by atoms with Crippen LogP contribution in [-0.4, -0.2) is 62.3 Å². The van der Waals surface area contributed by atoms with Crippen molar-refractivity contribution in [2.45, 2.75) is 56.3 Å². The van der Waals surface area contributed by atoms with Crippen LogP contribution in [0.2, 0.25) is 0 Å². The molecule has 3 rings (SSSR count). The van der Waals surface area contributed by atoms with Crippen molar-refractivity contribution < 1.29 is 29.4 Å². The van der Waals surface area contributed by atoms with Crippen LogP contribution in [-0.2, 0) is 14.4 Å². The minimum atomic E-state index is -2.09. The quantitative estimate of drug-likeness (QED) is 0.330. The Balaban J connectivity index is 2.09. The Bertz CT molecular complexity index is 881. The average molecular weight is 414 g/mol. The molecule has 1 aromatic carbocycles. The number of fused-ring (bicyclic) bond motifs is 1. The van der Waals surface area contributed by atoms with Crippen molar-refractivity contribution in [3.63, 3.8) is 0 Å². The summed E-state index contributed by atoms with van der Waals surface area (Å²) >= 11 is 0. The van der Waals surface area contributed by atoms with E-state index in [9.17, 15) is 29.4 Å². The van der Waals surface area contributed by atoms with E-state index in [4.69, 9.17) is 5.73 Å². The maximum absolute atomic E-state index is 13.1. The molecule has 1 fully saturated rings. The third-order valence-electron chi connectivity index (χ3n) is 6.11. The normalized spacial score (nSPS) is 27.8. The first kappa shape index (κ1) is 21.9. The Morgan fingerprint density at radius 3 is 2.43 bits per heavy atom. The minimum Gasteiger partial charge on any atom is -0.480 e. The second kappa shape index (κ2) is 8.49. The zero-order valence-corrected chi connectivity index (χ0v) is 16.7. The predicted octanol–water partition coefficient (Wildman–Crippen LogP) is 1.49. The van der Waals surface area contributed by atoms with Gasteiger partial charge in [0.25, 0.3) is 0 Å². The Hall–Kier alpha value is -2.84. The van der Waals surface area contributed by atoms with Crippen LogP contribution in [0.5, 0.6) is 0 Å². The number of carboxylic acid groups (broad SMARTS) is 2. The van der Waals surface area contributed by atoms with E-state index < -0.39 is 53.6 Å². The molecule has 8 nitrogen and oxygen atoms in total. The summed E-state index contributed by atoms with van der Waals surface area (Å²) in [6, 6.07) is 5.08. The molecule has 1 aromatic rings. The maximum Gasteiger partial charge on any atom is 0.332 e. The molecule has 8 heteroatoms.